The molecule has 0 aliphatic carbocycles. The lowest BCUT2D eigenvalue weighted by Crippen LogP contribution is -2.15. The highest BCUT2D eigenvalue weighted by atomic mass is 16.5. The number of anilines is 1. The molecule has 1 amide bonds. The van der Waals surface area contributed by atoms with Crippen molar-refractivity contribution in [2.24, 2.45) is 0 Å². The molecule has 0 spiro atoms. The van der Waals surface area contributed by atoms with E-state index in [2.05, 4.69) is 15.8 Å². The Kier molecular flexibility index (Phi) is 4.09. The molecular formula is C13H15N3O2. The van der Waals surface area contributed by atoms with E-state index in [1.54, 1.807) is 6.20 Å². The number of aromatic nitrogens is 1. The summed E-state index contributed by atoms with van der Waals surface area (Å²) in [5.74, 6) is 0.713. The Labute approximate surface area is 105 Å². The van der Waals surface area contributed by atoms with Gasteiger partial charge in [0.2, 0.25) is 5.91 Å². The van der Waals surface area contributed by atoms with Crippen LogP contribution in [0.15, 0.2) is 41.1 Å². The first kappa shape index (κ1) is 12.3. The summed E-state index contributed by atoms with van der Waals surface area (Å²) in [6.07, 6.45) is 1.61. The first-order valence-electron chi connectivity index (χ1n) is 5.71. The summed E-state index contributed by atoms with van der Waals surface area (Å²) in [7, 11) is 0. The first-order valence-corrected chi connectivity index (χ1v) is 5.71. The first-order chi connectivity index (χ1) is 8.75. The second-order valence-corrected chi connectivity index (χ2v) is 3.92. The van der Waals surface area contributed by atoms with Crippen molar-refractivity contribution in [3.63, 3.8) is 0 Å². The smallest absolute Gasteiger partial charge is 0.221 e. The molecule has 2 N–H and O–H groups in total. The van der Waals surface area contributed by atoms with Gasteiger partial charge in [0.25, 0.3) is 0 Å². The molecule has 0 atom stereocenters. The average Bonchev–Trinajstić information content (AvgIpc) is 2.84. The molecule has 0 saturated heterocycles. The molecule has 2 aromatic rings. The largest absolute Gasteiger partial charge is 0.360 e. The Morgan fingerprint density at radius 1 is 1.28 bits per heavy atom. The topological polar surface area (TPSA) is 67.2 Å². The fourth-order valence-corrected chi connectivity index (χ4v) is 1.64. The number of nitrogens with one attached hydrogen (secondary N) is 2. The molecule has 0 fully saturated rings. The van der Waals surface area contributed by atoms with E-state index in [1.165, 1.54) is 6.92 Å². The van der Waals surface area contributed by atoms with Gasteiger partial charge in [0.1, 0.15) is 5.76 Å². The number of nitrogens with zero attached hydrogens (tertiary/aromatic N) is 1. The number of rotatable bonds is 5. The lowest BCUT2D eigenvalue weighted by atomic mass is 10.1. The third-order valence-electron chi connectivity index (χ3n) is 2.43. The third-order valence-corrected chi connectivity index (χ3v) is 2.43. The van der Waals surface area contributed by atoms with Crippen molar-refractivity contribution in [1.82, 2.24) is 10.5 Å². The second kappa shape index (κ2) is 5.97. The Hall–Kier alpha value is -2.14. The van der Waals surface area contributed by atoms with E-state index >= 15 is 0 Å². The zero-order valence-corrected chi connectivity index (χ0v) is 10.1. The van der Waals surface area contributed by atoms with Gasteiger partial charge in [-0.2, -0.15) is 0 Å². The van der Waals surface area contributed by atoms with Crippen LogP contribution < -0.4 is 10.6 Å². The van der Waals surface area contributed by atoms with Gasteiger partial charge in [0.15, 0.2) is 0 Å². The van der Waals surface area contributed by atoms with Gasteiger partial charge in [-0.15, -0.1) is 0 Å². The van der Waals surface area contributed by atoms with E-state index in [9.17, 15) is 4.79 Å². The molecule has 0 unspecified atom stereocenters. The van der Waals surface area contributed by atoms with Gasteiger partial charge in [0.05, 0.1) is 12.7 Å². The van der Waals surface area contributed by atoms with E-state index in [0.29, 0.717) is 13.1 Å². The second-order valence-electron chi connectivity index (χ2n) is 3.92. The van der Waals surface area contributed by atoms with Gasteiger partial charge in [-0.25, -0.2) is 0 Å². The highest BCUT2D eigenvalue weighted by molar-refractivity contribution is 5.89. The Bertz CT molecular complexity index is 509. The van der Waals surface area contributed by atoms with Crippen molar-refractivity contribution < 1.29 is 9.32 Å². The van der Waals surface area contributed by atoms with E-state index in [-0.39, 0.29) is 5.91 Å². The van der Waals surface area contributed by atoms with Gasteiger partial charge in [-0.3, -0.25) is 4.79 Å². The summed E-state index contributed by atoms with van der Waals surface area (Å²) in [5.41, 5.74) is 1.86. The molecule has 0 aliphatic rings. The lowest BCUT2D eigenvalue weighted by molar-refractivity contribution is -0.114. The van der Waals surface area contributed by atoms with Crippen LogP contribution >= 0.6 is 0 Å². The van der Waals surface area contributed by atoms with Crippen molar-refractivity contribution in [3.05, 3.63) is 47.9 Å². The summed E-state index contributed by atoms with van der Waals surface area (Å²) >= 11 is 0. The van der Waals surface area contributed by atoms with Crippen molar-refractivity contribution in [2.45, 2.75) is 20.0 Å². The van der Waals surface area contributed by atoms with Crippen LogP contribution in [-0.2, 0) is 17.9 Å². The number of benzene rings is 1. The maximum atomic E-state index is 11.1. The zero-order chi connectivity index (χ0) is 12.8. The van der Waals surface area contributed by atoms with Crippen LogP contribution in [0.3, 0.4) is 0 Å². The molecule has 2 rings (SSSR count). The molecule has 94 valence electrons. The molecule has 0 bridgehead atoms. The van der Waals surface area contributed by atoms with Gasteiger partial charge in [-0.05, 0) is 11.6 Å². The minimum Gasteiger partial charge on any atom is -0.360 e. The summed E-state index contributed by atoms with van der Waals surface area (Å²) in [6, 6.07) is 9.50. The van der Waals surface area contributed by atoms with Crippen LogP contribution in [-0.4, -0.2) is 11.1 Å². The fraction of sp³-hybridized carbons (Fsp3) is 0.231. The summed E-state index contributed by atoms with van der Waals surface area (Å²) in [6.45, 7) is 2.75. The number of carbonyl (C=O) groups is 1. The minimum atomic E-state index is -0.0716. The van der Waals surface area contributed by atoms with Gasteiger partial charge < -0.3 is 15.2 Å². The number of amides is 1. The average molecular weight is 245 g/mol. The lowest BCUT2D eigenvalue weighted by Gasteiger charge is -2.09. The number of para-hydroxylation sites is 1. The third kappa shape index (κ3) is 3.43. The van der Waals surface area contributed by atoms with E-state index in [0.717, 1.165) is 17.0 Å². The number of carbonyl (C=O) groups excluding carboxylic acids is 1. The van der Waals surface area contributed by atoms with Crippen molar-refractivity contribution in [2.75, 3.05) is 5.32 Å². The maximum Gasteiger partial charge on any atom is 0.221 e. The Morgan fingerprint density at radius 3 is 2.83 bits per heavy atom. The standard InChI is InChI=1S/C13H15N3O2/c1-10(17)16-13-5-3-2-4-11(13)8-14-9-12-6-7-15-18-12/h2-7,14H,8-9H2,1H3,(H,16,17). The van der Waals surface area contributed by atoms with E-state index in [4.69, 9.17) is 4.52 Å². The zero-order valence-electron chi connectivity index (χ0n) is 10.1. The molecular weight excluding hydrogens is 230 g/mol. The Balaban J connectivity index is 1.94. The molecule has 5 nitrogen and oxygen atoms in total. The summed E-state index contributed by atoms with van der Waals surface area (Å²) in [4.78, 5) is 11.1. The molecule has 1 aromatic carbocycles. The molecule has 0 aliphatic heterocycles. The van der Waals surface area contributed by atoms with Crippen LogP contribution in [0.5, 0.6) is 0 Å². The predicted molar refractivity (Wildman–Crippen MR) is 67.8 cm³/mol. The fourth-order valence-electron chi connectivity index (χ4n) is 1.64. The molecule has 1 aromatic heterocycles. The molecule has 0 radical (unpaired) electrons. The highest BCUT2D eigenvalue weighted by Crippen LogP contribution is 2.14. The van der Waals surface area contributed by atoms with Crippen molar-refractivity contribution in [3.8, 4) is 0 Å². The van der Waals surface area contributed by atoms with Crippen LogP contribution in [0.4, 0.5) is 5.69 Å². The Morgan fingerprint density at radius 2 is 2.11 bits per heavy atom. The van der Waals surface area contributed by atoms with Crippen LogP contribution in [0.2, 0.25) is 0 Å². The van der Waals surface area contributed by atoms with Crippen LogP contribution in [0.1, 0.15) is 18.2 Å². The summed E-state index contributed by atoms with van der Waals surface area (Å²) in [5, 5.41) is 9.67. The number of hydrogen-bond donors (Lipinski definition) is 2. The van der Waals surface area contributed by atoms with E-state index < -0.39 is 0 Å². The normalized spacial score (nSPS) is 10.3. The minimum absolute atomic E-state index is 0.0716. The molecule has 1 heterocycles. The van der Waals surface area contributed by atoms with Gasteiger partial charge in [-0.1, -0.05) is 23.4 Å². The van der Waals surface area contributed by atoms with Crippen LogP contribution in [0.25, 0.3) is 0 Å². The van der Waals surface area contributed by atoms with Gasteiger partial charge in [0, 0.05) is 25.2 Å². The SMILES string of the molecule is CC(=O)Nc1ccccc1CNCc1ccno1. The molecule has 5 heteroatoms. The molecule has 0 saturated carbocycles. The predicted octanol–water partition coefficient (Wildman–Crippen LogP) is 1.92. The van der Waals surface area contributed by atoms with Crippen molar-refractivity contribution >= 4 is 11.6 Å². The van der Waals surface area contributed by atoms with Gasteiger partial charge >= 0.3 is 0 Å². The maximum absolute atomic E-state index is 11.1. The van der Waals surface area contributed by atoms with Crippen molar-refractivity contribution in [1.29, 1.82) is 0 Å². The van der Waals surface area contributed by atoms with E-state index in [1.807, 2.05) is 30.3 Å². The van der Waals surface area contributed by atoms with Crippen LogP contribution in [0, 0.1) is 0 Å². The highest BCUT2D eigenvalue weighted by Gasteiger charge is 2.03. The quantitative estimate of drug-likeness (QED) is 0.844. The number of hydrogen-bond acceptors (Lipinski definition) is 4. The molecule has 18 heavy (non-hydrogen) atoms. The monoisotopic (exact) mass is 245 g/mol. The summed E-state index contributed by atoms with van der Waals surface area (Å²) < 4.78 is 4.98.